The third-order valence-electron chi connectivity index (χ3n) is 15.5. The number of phosphoric ester groups is 2. The van der Waals surface area contributed by atoms with Crippen LogP contribution in [0.2, 0.25) is 0 Å². The predicted molar refractivity (Wildman–Crippen MR) is 345 cm³/mol. The minimum Gasteiger partial charge on any atom is -0.462 e. The van der Waals surface area contributed by atoms with Gasteiger partial charge in [-0.15, -0.1) is 0 Å². The van der Waals surface area contributed by atoms with Gasteiger partial charge in [0.25, 0.3) is 0 Å². The van der Waals surface area contributed by atoms with Gasteiger partial charge in [0, 0.05) is 25.7 Å². The molecule has 0 aliphatic heterocycles. The quantitative estimate of drug-likeness (QED) is 0.0222. The number of ether oxygens (including phenoxy) is 4. The van der Waals surface area contributed by atoms with E-state index in [4.69, 9.17) is 37.0 Å². The van der Waals surface area contributed by atoms with E-state index in [2.05, 4.69) is 34.6 Å². The van der Waals surface area contributed by atoms with Crippen molar-refractivity contribution in [2.45, 2.75) is 361 Å². The molecule has 86 heavy (non-hydrogen) atoms. The molecule has 0 bridgehead atoms. The minimum atomic E-state index is -4.95. The Hall–Kier alpha value is -1.94. The maximum atomic E-state index is 13.0. The first-order valence-electron chi connectivity index (χ1n) is 35.1. The third kappa shape index (κ3) is 60.9. The smallest absolute Gasteiger partial charge is 0.462 e. The molecule has 0 aromatic carbocycles. The Morgan fingerprint density at radius 1 is 0.314 bits per heavy atom. The molecule has 2 unspecified atom stereocenters. The van der Waals surface area contributed by atoms with Gasteiger partial charge in [-0.2, -0.15) is 0 Å². The van der Waals surface area contributed by atoms with Crippen LogP contribution in [0.1, 0.15) is 343 Å². The zero-order valence-corrected chi connectivity index (χ0v) is 57.2. The number of aliphatic hydroxyl groups excluding tert-OH is 1. The lowest BCUT2D eigenvalue weighted by molar-refractivity contribution is -0.161. The van der Waals surface area contributed by atoms with Gasteiger partial charge >= 0.3 is 39.5 Å². The largest absolute Gasteiger partial charge is 0.472 e. The fourth-order valence-corrected chi connectivity index (χ4v) is 11.7. The lowest BCUT2D eigenvalue weighted by atomic mass is 10.0. The van der Waals surface area contributed by atoms with E-state index in [1.165, 1.54) is 161 Å². The molecule has 0 fully saturated rings. The summed E-state index contributed by atoms with van der Waals surface area (Å²) in [6.07, 6.45) is 46.2. The van der Waals surface area contributed by atoms with Gasteiger partial charge in [0.2, 0.25) is 0 Å². The van der Waals surface area contributed by atoms with Crippen LogP contribution in [0, 0.1) is 5.92 Å². The zero-order valence-electron chi connectivity index (χ0n) is 55.4. The molecule has 0 amide bonds. The number of hydrogen-bond acceptors (Lipinski definition) is 15. The lowest BCUT2D eigenvalue weighted by Crippen LogP contribution is -2.30. The summed E-state index contributed by atoms with van der Waals surface area (Å²) < 4.78 is 68.0. The van der Waals surface area contributed by atoms with E-state index >= 15 is 0 Å². The molecular weight excluding hydrogens is 1140 g/mol. The van der Waals surface area contributed by atoms with Gasteiger partial charge in [0.15, 0.2) is 12.2 Å². The van der Waals surface area contributed by atoms with Crippen molar-refractivity contribution in [2.75, 3.05) is 39.6 Å². The van der Waals surface area contributed by atoms with Crippen LogP contribution in [0.4, 0.5) is 0 Å². The Kier molecular flexibility index (Phi) is 59.2. The second-order valence-corrected chi connectivity index (χ2v) is 27.6. The fourth-order valence-electron chi connectivity index (χ4n) is 10.1. The van der Waals surface area contributed by atoms with Crippen LogP contribution in [-0.2, 0) is 65.4 Å². The first-order chi connectivity index (χ1) is 41.5. The summed E-state index contributed by atoms with van der Waals surface area (Å²) in [5.74, 6) is -1.42. The van der Waals surface area contributed by atoms with E-state index in [-0.39, 0.29) is 25.7 Å². The average Bonchev–Trinajstić information content (AvgIpc) is 3.70. The molecule has 0 aliphatic rings. The van der Waals surface area contributed by atoms with Crippen LogP contribution in [0.25, 0.3) is 0 Å². The van der Waals surface area contributed by atoms with E-state index in [0.717, 1.165) is 102 Å². The summed E-state index contributed by atoms with van der Waals surface area (Å²) in [5, 5.41) is 10.5. The lowest BCUT2D eigenvalue weighted by Gasteiger charge is -2.21. The monoisotopic (exact) mass is 1270 g/mol. The standard InChI is InChI=1S/C67H130O17P2/c1-6-9-12-15-17-19-21-23-25-27-29-31-36-41-46-51-65(70)78-57-63(84-66(71)52-47-42-37-32-30-28-26-24-22-20-18-16-13-10-7-2)59-82-86(75,76)80-55-61(68)54-79-85(73,74)81-58-62(56-77-64(69)50-45-39-14-11-8-3)83-67(72)53-48-43-38-34-33-35-40-44-49-60(4)5/h60-63,68H,6-59H2,1-5H3,(H,73,74)(H,75,76)/t61-,62+,63+/m0/s1. The van der Waals surface area contributed by atoms with Gasteiger partial charge in [-0.25, -0.2) is 9.13 Å². The zero-order chi connectivity index (χ0) is 63.5. The number of phosphoric acid groups is 2. The summed E-state index contributed by atoms with van der Waals surface area (Å²) in [6.45, 7) is 7.10. The van der Waals surface area contributed by atoms with E-state index in [1.807, 2.05) is 0 Å². The molecule has 0 aromatic rings. The van der Waals surface area contributed by atoms with Crippen molar-refractivity contribution in [3.8, 4) is 0 Å². The van der Waals surface area contributed by atoms with Gasteiger partial charge in [0.1, 0.15) is 19.3 Å². The molecule has 0 saturated heterocycles. The Morgan fingerprint density at radius 3 is 0.791 bits per heavy atom. The molecule has 0 aromatic heterocycles. The fraction of sp³-hybridized carbons (Fsp3) is 0.940. The summed E-state index contributed by atoms with van der Waals surface area (Å²) in [4.78, 5) is 72.1. The molecular formula is C67H130O17P2. The van der Waals surface area contributed by atoms with Gasteiger partial charge in [0.05, 0.1) is 26.4 Å². The maximum absolute atomic E-state index is 13.0. The first kappa shape index (κ1) is 84.1. The molecule has 19 heteroatoms. The molecule has 0 heterocycles. The Bertz CT molecular complexity index is 1670. The topological polar surface area (TPSA) is 237 Å². The van der Waals surface area contributed by atoms with Crippen LogP contribution in [0.5, 0.6) is 0 Å². The van der Waals surface area contributed by atoms with E-state index < -0.39 is 97.5 Å². The molecule has 0 rings (SSSR count). The summed E-state index contributed by atoms with van der Waals surface area (Å²) in [5.41, 5.74) is 0. The van der Waals surface area contributed by atoms with Gasteiger partial charge < -0.3 is 33.8 Å². The number of rotatable bonds is 67. The van der Waals surface area contributed by atoms with Gasteiger partial charge in [-0.3, -0.25) is 37.3 Å². The van der Waals surface area contributed by atoms with Crippen LogP contribution in [0.3, 0.4) is 0 Å². The first-order valence-corrected chi connectivity index (χ1v) is 38.1. The average molecular weight is 1270 g/mol. The number of carbonyl (C=O) groups is 4. The van der Waals surface area contributed by atoms with Crippen LogP contribution >= 0.6 is 15.6 Å². The van der Waals surface area contributed by atoms with Crippen molar-refractivity contribution in [1.29, 1.82) is 0 Å². The maximum Gasteiger partial charge on any atom is 0.472 e. The normalized spacial score (nSPS) is 14.2. The number of esters is 4. The molecule has 0 spiro atoms. The van der Waals surface area contributed by atoms with Crippen molar-refractivity contribution < 1.29 is 80.2 Å². The second-order valence-electron chi connectivity index (χ2n) is 24.7. The van der Waals surface area contributed by atoms with Crippen molar-refractivity contribution in [2.24, 2.45) is 5.92 Å². The van der Waals surface area contributed by atoms with Crippen molar-refractivity contribution in [1.82, 2.24) is 0 Å². The van der Waals surface area contributed by atoms with Gasteiger partial charge in [-0.05, 0) is 31.6 Å². The number of unbranched alkanes of at least 4 members (excludes halogenated alkanes) is 39. The van der Waals surface area contributed by atoms with Gasteiger partial charge in [-0.1, -0.05) is 291 Å². The summed E-state index contributed by atoms with van der Waals surface area (Å²) in [6, 6.07) is 0. The van der Waals surface area contributed by atoms with Crippen molar-refractivity contribution >= 4 is 39.5 Å². The molecule has 5 atom stereocenters. The van der Waals surface area contributed by atoms with E-state index in [0.29, 0.717) is 25.7 Å². The van der Waals surface area contributed by atoms with Crippen molar-refractivity contribution in [3.05, 3.63) is 0 Å². The highest BCUT2D eigenvalue weighted by Crippen LogP contribution is 2.45. The Labute approximate surface area is 524 Å². The van der Waals surface area contributed by atoms with Crippen LogP contribution in [0.15, 0.2) is 0 Å². The molecule has 17 nitrogen and oxygen atoms in total. The van der Waals surface area contributed by atoms with Crippen LogP contribution < -0.4 is 0 Å². The highest BCUT2D eigenvalue weighted by atomic mass is 31.2. The summed E-state index contributed by atoms with van der Waals surface area (Å²) >= 11 is 0. The highest BCUT2D eigenvalue weighted by molar-refractivity contribution is 7.47. The second kappa shape index (κ2) is 60.6. The van der Waals surface area contributed by atoms with Crippen LogP contribution in [-0.4, -0.2) is 96.7 Å². The molecule has 0 radical (unpaired) electrons. The summed E-state index contributed by atoms with van der Waals surface area (Å²) in [7, 11) is -9.88. The highest BCUT2D eigenvalue weighted by Gasteiger charge is 2.30. The minimum absolute atomic E-state index is 0.104. The SMILES string of the molecule is CCCCCCCCCCCCCCCCCC(=O)OC[C@H](COP(=O)(O)OC[C@@H](O)COP(=O)(O)OC[C@@H](COC(=O)CCCCCCC)OC(=O)CCCCCCCCCCC(C)C)OC(=O)CCCCCCCCCCCCCCCCC. The predicted octanol–water partition coefficient (Wildman–Crippen LogP) is 19.0. The Morgan fingerprint density at radius 2 is 0.535 bits per heavy atom. The Balaban J connectivity index is 5.17. The molecule has 510 valence electrons. The number of aliphatic hydroxyl groups is 1. The van der Waals surface area contributed by atoms with E-state index in [9.17, 15) is 43.2 Å². The molecule has 3 N–H and O–H groups in total. The molecule has 0 saturated carbocycles. The van der Waals surface area contributed by atoms with Crippen molar-refractivity contribution in [3.63, 3.8) is 0 Å². The molecule has 0 aliphatic carbocycles. The third-order valence-corrected chi connectivity index (χ3v) is 17.4. The van der Waals surface area contributed by atoms with E-state index in [1.54, 1.807) is 0 Å². The number of hydrogen-bond donors (Lipinski definition) is 3. The number of carbonyl (C=O) groups excluding carboxylic acids is 4.